The molecular weight excluding hydrogens is 544 g/mol. The zero-order valence-electron chi connectivity index (χ0n) is 27.7. The van der Waals surface area contributed by atoms with Gasteiger partial charge in [0, 0.05) is 18.5 Å². The summed E-state index contributed by atoms with van der Waals surface area (Å²) in [6, 6.07) is 0. The molecule has 8 heteroatoms. The fourth-order valence-electron chi connectivity index (χ4n) is 13.4. The SMILES string of the molecule is CC(C)C(OC(N)=O)C1C[C@@H](C)[C@H]2C(O1)[C@H](O)[C@@]1(C)C3CC[C@H]4C(C)(C)C(O[C@H]5CNCCO5)CCC45CC35CCC21C. The van der Waals surface area contributed by atoms with Gasteiger partial charge in [-0.3, -0.25) is 0 Å². The minimum Gasteiger partial charge on any atom is -0.443 e. The van der Waals surface area contributed by atoms with Crippen molar-refractivity contribution < 1.29 is 28.8 Å². The molecule has 7 fully saturated rings. The minimum atomic E-state index is -0.750. The molecule has 43 heavy (non-hydrogen) atoms. The van der Waals surface area contributed by atoms with Crippen LogP contribution >= 0.6 is 0 Å². The second kappa shape index (κ2) is 10.0. The smallest absolute Gasteiger partial charge is 0.404 e. The lowest BCUT2D eigenvalue weighted by molar-refractivity contribution is -0.237. The van der Waals surface area contributed by atoms with E-state index in [4.69, 9.17) is 24.7 Å². The molecule has 5 saturated carbocycles. The van der Waals surface area contributed by atoms with Crippen LogP contribution in [-0.4, -0.2) is 67.7 Å². The average Bonchev–Trinajstić information content (AvgIpc) is 3.58. The van der Waals surface area contributed by atoms with E-state index >= 15 is 0 Å². The molecule has 5 aliphatic carbocycles. The van der Waals surface area contributed by atoms with Crippen LogP contribution in [0.5, 0.6) is 0 Å². The van der Waals surface area contributed by atoms with Crippen LogP contribution in [0, 0.1) is 56.7 Å². The van der Waals surface area contributed by atoms with Crippen molar-refractivity contribution >= 4 is 6.09 Å². The van der Waals surface area contributed by atoms with Crippen LogP contribution in [-0.2, 0) is 18.9 Å². The highest BCUT2D eigenvalue weighted by Gasteiger charge is 2.84. The predicted molar refractivity (Wildman–Crippen MR) is 163 cm³/mol. The normalized spacial score (nSPS) is 53.9. The second-order valence-electron chi connectivity index (χ2n) is 17.3. The number of aliphatic hydroxyl groups excluding tert-OH is 1. The van der Waals surface area contributed by atoms with E-state index in [-0.39, 0.29) is 46.8 Å². The molecule has 0 aromatic carbocycles. The molecule has 2 aliphatic heterocycles. The molecule has 0 radical (unpaired) electrons. The van der Waals surface area contributed by atoms with E-state index < -0.39 is 18.3 Å². The molecule has 1 amide bonds. The van der Waals surface area contributed by atoms with E-state index in [0.29, 0.717) is 34.5 Å². The van der Waals surface area contributed by atoms with E-state index in [1.807, 2.05) is 0 Å². The third kappa shape index (κ3) is 4.01. The maximum Gasteiger partial charge on any atom is 0.404 e. The van der Waals surface area contributed by atoms with Gasteiger partial charge in [0.15, 0.2) is 6.29 Å². The quantitative estimate of drug-likeness (QED) is 0.394. The molecule has 0 aromatic heterocycles. The Balaban J connectivity index is 1.16. The highest BCUT2D eigenvalue weighted by molar-refractivity contribution is 5.64. The summed E-state index contributed by atoms with van der Waals surface area (Å²) >= 11 is 0. The van der Waals surface area contributed by atoms with Gasteiger partial charge < -0.3 is 35.1 Å². The summed E-state index contributed by atoms with van der Waals surface area (Å²) in [4.78, 5) is 11.8. The van der Waals surface area contributed by atoms with Gasteiger partial charge in [0.25, 0.3) is 0 Å². The van der Waals surface area contributed by atoms with Crippen molar-refractivity contribution in [3.05, 3.63) is 0 Å². The van der Waals surface area contributed by atoms with Crippen LogP contribution in [0.25, 0.3) is 0 Å². The first-order valence-electron chi connectivity index (χ1n) is 17.5. The summed E-state index contributed by atoms with van der Waals surface area (Å²) in [5.74, 6) is 1.87. The lowest BCUT2D eigenvalue weighted by Crippen LogP contribution is -2.60. The molecule has 8 unspecified atom stereocenters. The Hall–Kier alpha value is -0.930. The number of carbonyl (C=O) groups is 1. The summed E-state index contributed by atoms with van der Waals surface area (Å²) < 4.78 is 25.1. The Morgan fingerprint density at radius 1 is 1.05 bits per heavy atom. The number of amides is 1. The zero-order chi connectivity index (χ0) is 30.7. The average molecular weight is 603 g/mol. The molecule has 14 atom stereocenters. The Morgan fingerprint density at radius 3 is 2.44 bits per heavy atom. The summed E-state index contributed by atoms with van der Waals surface area (Å²) in [6.07, 6.45) is 7.15. The first-order chi connectivity index (χ1) is 20.2. The number of aliphatic hydroxyl groups is 1. The van der Waals surface area contributed by atoms with Crippen molar-refractivity contribution in [2.75, 3.05) is 19.7 Å². The van der Waals surface area contributed by atoms with E-state index in [1.165, 1.54) is 32.1 Å². The van der Waals surface area contributed by atoms with Gasteiger partial charge in [-0.05, 0) is 103 Å². The summed E-state index contributed by atoms with van der Waals surface area (Å²) in [7, 11) is 0. The van der Waals surface area contributed by atoms with Crippen LogP contribution in [0.2, 0.25) is 0 Å². The van der Waals surface area contributed by atoms with Crippen LogP contribution in [0.1, 0.15) is 99.8 Å². The minimum absolute atomic E-state index is 0.00697. The van der Waals surface area contributed by atoms with Crippen molar-refractivity contribution in [2.45, 2.75) is 137 Å². The molecule has 4 N–H and O–H groups in total. The van der Waals surface area contributed by atoms with Crippen LogP contribution < -0.4 is 11.1 Å². The maximum atomic E-state index is 12.5. The van der Waals surface area contributed by atoms with Crippen molar-refractivity contribution in [3.63, 3.8) is 0 Å². The van der Waals surface area contributed by atoms with E-state index in [0.717, 1.165) is 39.0 Å². The monoisotopic (exact) mass is 602 g/mol. The highest BCUT2D eigenvalue weighted by Crippen LogP contribution is 2.89. The van der Waals surface area contributed by atoms with Crippen molar-refractivity contribution in [1.29, 1.82) is 0 Å². The fourth-order valence-corrected chi connectivity index (χ4v) is 13.4. The molecule has 2 spiro atoms. The van der Waals surface area contributed by atoms with Crippen molar-refractivity contribution in [2.24, 2.45) is 62.4 Å². The topological polar surface area (TPSA) is 112 Å². The van der Waals surface area contributed by atoms with Gasteiger partial charge in [0.05, 0.1) is 31.0 Å². The van der Waals surface area contributed by atoms with E-state index in [1.54, 1.807) is 0 Å². The number of hydrogen-bond donors (Lipinski definition) is 3. The molecule has 2 heterocycles. The lowest BCUT2D eigenvalue weighted by Gasteiger charge is -2.63. The molecule has 7 aliphatic rings. The summed E-state index contributed by atoms with van der Waals surface area (Å²) in [6.45, 7) is 18.7. The number of nitrogens with one attached hydrogen (secondary N) is 1. The third-order valence-corrected chi connectivity index (χ3v) is 15.3. The number of primary amides is 1. The summed E-state index contributed by atoms with van der Waals surface area (Å²) in [5, 5.41) is 15.9. The molecular formula is C35H58N2O6. The molecule has 0 bridgehead atoms. The van der Waals surface area contributed by atoms with Crippen LogP contribution in [0.15, 0.2) is 0 Å². The molecule has 8 nitrogen and oxygen atoms in total. The Bertz CT molecular complexity index is 1110. The number of nitrogens with two attached hydrogens (primary N) is 1. The standard InChI is InChI=1S/C35H58N2O6/c1-19(2)27(43-30(36)39)21-16-20(3)26-28(41-21)29(38)33(7)23-9-8-22-31(4,5)24(42-25-17-37-14-15-40-25)10-11-34(22)18-35(23,34)13-12-32(26,33)6/h19-29,37-38H,8-18H2,1-7H3,(H2,36,39)/t20-,21?,22+,23?,24?,25+,26+,27?,28?,29+,32?,33-,34?,35?/m1/s1. The zero-order valence-corrected chi connectivity index (χ0v) is 27.7. The van der Waals surface area contributed by atoms with Gasteiger partial charge in [-0.25, -0.2) is 4.79 Å². The predicted octanol–water partition coefficient (Wildman–Crippen LogP) is 5.25. The van der Waals surface area contributed by atoms with Gasteiger partial charge in [0.1, 0.15) is 6.10 Å². The van der Waals surface area contributed by atoms with E-state index in [2.05, 4.69) is 53.8 Å². The van der Waals surface area contributed by atoms with Crippen LogP contribution in [0.3, 0.4) is 0 Å². The number of hydrogen-bond acceptors (Lipinski definition) is 7. The maximum absolute atomic E-state index is 12.5. The summed E-state index contributed by atoms with van der Waals surface area (Å²) in [5.41, 5.74) is 6.03. The first kappa shape index (κ1) is 30.7. The van der Waals surface area contributed by atoms with Crippen molar-refractivity contribution in [1.82, 2.24) is 5.32 Å². The fraction of sp³-hybridized carbons (Fsp3) is 0.971. The van der Waals surface area contributed by atoms with Gasteiger partial charge in [0.2, 0.25) is 0 Å². The largest absolute Gasteiger partial charge is 0.443 e. The molecule has 2 saturated heterocycles. The lowest BCUT2D eigenvalue weighted by atomic mass is 9.41. The Labute approximate surface area is 258 Å². The molecule has 7 rings (SSSR count). The third-order valence-electron chi connectivity index (χ3n) is 15.3. The van der Waals surface area contributed by atoms with Crippen LogP contribution in [0.4, 0.5) is 4.79 Å². The molecule has 0 aromatic rings. The number of rotatable bonds is 5. The number of ether oxygens (including phenoxy) is 4. The number of morpholine rings is 1. The van der Waals surface area contributed by atoms with Gasteiger partial charge in [-0.1, -0.05) is 48.5 Å². The van der Waals surface area contributed by atoms with Gasteiger partial charge in [-0.15, -0.1) is 0 Å². The Kier molecular flexibility index (Phi) is 7.17. The number of carbonyl (C=O) groups excluding carboxylic acids is 1. The first-order valence-corrected chi connectivity index (χ1v) is 17.5. The molecule has 244 valence electrons. The Morgan fingerprint density at radius 2 is 1.77 bits per heavy atom. The van der Waals surface area contributed by atoms with Crippen molar-refractivity contribution in [3.8, 4) is 0 Å². The second-order valence-corrected chi connectivity index (χ2v) is 17.3. The van der Waals surface area contributed by atoms with E-state index in [9.17, 15) is 9.90 Å². The number of fused-ring (bicyclic) bond motifs is 4. The van der Waals surface area contributed by atoms with Gasteiger partial charge in [-0.2, -0.15) is 0 Å². The highest BCUT2D eigenvalue weighted by atomic mass is 16.7. The van der Waals surface area contributed by atoms with Gasteiger partial charge >= 0.3 is 6.09 Å².